The minimum atomic E-state index is -0.932. The molecule has 1 unspecified atom stereocenters. The van der Waals surface area contributed by atoms with Crippen LogP contribution in [-0.4, -0.2) is 56.9 Å². The van der Waals surface area contributed by atoms with Crippen LogP contribution in [0.15, 0.2) is 54.6 Å². The highest BCUT2D eigenvalue weighted by atomic mass is 16.6. The van der Waals surface area contributed by atoms with Crippen molar-refractivity contribution in [3.05, 3.63) is 60.2 Å². The number of nitrogens with one attached hydrogen (secondary N) is 1. The Labute approximate surface area is 201 Å². The zero-order chi connectivity index (χ0) is 24.8. The van der Waals surface area contributed by atoms with Crippen molar-refractivity contribution in [2.24, 2.45) is 11.8 Å². The Bertz CT molecular complexity index is 837. The van der Waals surface area contributed by atoms with Crippen molar-refractivity contribution in [1.29, 1.82) is 0 Å². The number of carbonyl (C=O) groups is 3. The summed E-state index contributed by atoms with van der Waals surface area (Å²) in [6.07, 6.45) is 6.86. The quantitative estimate of drug-likeness (QED) is 0.518. The minimum absolute atomic E-state index is 0.0125. The van der Waals surface area contributed by atoms with Gasteiger partial charge in [0.25, 0.3) is 0 Å². The fourth-order valence-electron chi connectivity index (χ4n) is 3.24. The molecule has 0 spiro atoms. The molecule has 0 aliphatic carbocycles. The summed E-state index contributed by atoms with van der Waals surface area (Å²) in [4.78, 5) is 37.2. The Hall–Kier alpha value is -2.97. The van der Waals surface area contributed by atoms with E-state index in [-0.39, 0.29) is 62.5 Å². The Morgan fingerprint density at radius 1 is 0.971 bits per heavy atom. The van der Waals surface area contributed by atoms with Gasteiger partial charge < -0.3 is 24.3 Å². The first-order valence-corrected chi connectivity index (χ1v) is 11.5. The normalized spacial score (nSPS) is 27.4. The molecular formula is C26H35NO7. The number of cyclic esters (lactones) is 2. The number of rotatable bonds is 5. The van der Waals surface area contributed by atoms with Crippen molar-refractivity contribution in [3.63, 3.8) is 0 Å². The SMILES string of the molecule is COC1COC(=O)C/C=C/[C@@H](C)COC(=O)[C@H](COCc2ccccc2)NC(=O)C/C=C/[C@H]1C. The molecule has 1 amide bonds. The van der Waals surface area contributed by atoms with E-state index in [1.807, 2.05) is 50.3 Å². The molecular weight excluding hydrogens is 438 g/mol. The summed E-state index contributed by atoms with van der Waals surface area (Å²) in [5, 5.41) is 2.71. The van der Waals surface area contributed by atoms with E-state index >= 15 is 0 Å². The fraction of sp³-hybridized carbons (Fsp3) is 0.500. The number of methoxy groups -OCH3 is 1. The molecule has 1 aromatic carbocycles. The van der Waals surface area contributed by atoms with Crippen LogP contribution < -0.4 is 5.32 Å². The van der Waals surface area contributed by atoms with Gasteiger partial charge in [0.2, 0.25) is 5.91 Å². The summed E-state index contributed by atoms with van der Waals surface area (Å²) in [7, 11) is 1.55. The van der Waals surface area contributed by atoms with Crippen molar-refractivity contribution in [2.75, 3.05) is 26.9 Å². The van der Waals surface area contributed by atoms with E-state index < -0.39 is 12.0 Å². The second-order valence-corrected chi connectivity index (χ2v) is 8.31. The number of benzene rings is 1. The van der Waals surface area contributed by atoms with Crippen LogP contribution >= 0.6 is 0 Å². The number of ether oxygens (including phenoxy) is 4. The topological polar surface area (TPSA) is 100 Å². The van der Waals surface area contributed by atoms with Crippen molar-refractivity contribution >= 4 is 17.8 Å². The van der Waals surface area contributed by atoms with Crippen LogP contribution in [0.3, 0.4) is 0 Å². The summed E-state index contributed by atoms with van der Waals surface area (Å²) in [5.41, 5.74) is 0.962. The third-order valence-corrected chi connectivity index (χ3v) is 5.29. The number of carbonyl (C=O) groups excluding carboxylic acids is 3. The van der Waals surface area contributed by atoms with Gasteiger partial charge in [0.05, 0.1) is 32.3 Å². The van der Waals surface area contributed by atoms with Gasteiger partial charge in [0.1, 0.15) is 6.61 Å². The van der Waals surface area contributed by atoms with Crippen LogP contribution in [0.1, 0.15) is 32.3 Å². The second kappa shape index (κ2) is 15.0. The van der Waals surface area contributed by atoms with Gasteiger partial charge in [-0.1, -0.05) is 68.5 Å². The molecule has 1 aliphatic rings. The lowest BCUT2D eigenvalue weighted by molar-refractivity contribution is -0.150. The molecule has 2 rings (SSSR count). The van der Waals surface area contributed by atoms with Crippen LogP contribution in [-0.2, 0) is 39.9 Å². The molecule has 0 aromatic heterocycles. The first-order valence-electron chi connectivity index (χ1n) is 11.5. The highest BCUT2D eigenvalue weighted by molar-refractivity contribution is 5.85. The van der Waals surface area contributed by atoms with Gasteiger partial charge in [-0.3, -0.25) is 9.59 Å². The largest absolute Gasteiger partial charge is 0.463 e. The maximum absolute atomic E-state index is 12.7. The van der Waals surface area contributed by atoms with Gasteiger partial charge in [0.15, 0.2) is 6.04 Å². The fourth-order valence-corrected chi connectivity index (χ4v) is 3.24. The molecule has 1 aliphatic heterocycles. The van der Waals surface area contributed by atoms with E-state index in [9.17, 15) is 14.4 Å². The Morgan fingerprint density at radius 3 is 2.44 bits per heavy atom. The van der Waals surface area contributed by atoms with Crippen molar-refractivity contribution in [2.45, 2.75) is 45.4 Å². The van der Waals surface area contributed by atoms with Gasteiger partial charge in [-0.25, -0.2) is 4.79 Å². The average Bonchev–Trinajstić information content (AvgIpc) is 2.82. The minimum Gasteiger partial charge on any atom is -0.463 e. The summed E-state index contributed by atoms with van der Waals surface area (Å²) >= 11 is 0. The second-order valence-electron chi connectivity index (χ2n) is 8.31. The van der Waals surface area contributed by atoms with Crippen LogP contribution in [0.2, 0.25) is 0 Å². The Kier molecular flexibility index (Phi) is 12.1. The van der Waals surface area contributed by atoms with Gasteiger partial charge in [-0.2, -0.15) is 0 Å². The van der Waals surface area contributed by atoms with E-state index in [2.05, 4.69) is 5.32 Å². The maximum Gasteiger partial charge on any atom is 0.331 e. The molecule has 186 valence electrons. The smallest absolute Gasteiger partial charge is 0.331 e. The zero-order valence-electron chi connectivity index (χ0n) is 20.1. The Balaban J connectivity index is 2.06. The van der Waals surface area contributed by atoms with E-state index in [0.717, 1.165) is 5.56 Å². The number of esters is 2. The first-order chi connectivity index (χ1) is 16.4. The predicted octanol–water partition coefficient (Wildman–Crippen LogP) is 2.97. The monoisotopic (exact) mass is 473 g/mol. The number of hydrogen-bond donors (Lipinski definition) is 1. The molecule has 1 heterocycles. The van der Waals surface area contributed by atoms with Crippen LogP contribution in [0, 0.1) is 11.8 Å². The maximum atomic E-state index is 12.7. The third-order valence-electron chi connectivity index (χ3n) is 5.29. The highest BCUT2D eigenvalue weighted by Crippen LogP contribution is 2.11. The molecule has 0 saturated carbocycles. The lowest BCUT2D eigenvalue weighted by atomic mass is 10.0. The molecule has 34 heavy (non-hydrogen) atoms. The molecule has 0 radical (unpaired) electrons. The summed E-state index contributed by atoms with van der Waals surface area (Å²) in [6.45, 7) is 4.30. The van der Waals surface area contributed by atoms with E-state index in [4.69, 9.17) is 18.9 Å². The van der Waals surface area contributed by atoms with Crippen LogP contribution in [0.4, 0.5) is 0 Å². The zero-order valence-corrected chi connectivity index (χ0v) is 20.1. The average molecular weight is 474 g/mol. The first kappa shape index (κ1) is 27.3. The van der Waals surface area contributed by atoms with Gasteiger partial charge in [-0.05, 0) is 5.56 Å². The van der Waals surface area contributed by atoms with E-state index in [0.29, 0.717) is 6.61 Å². The van der Waals surface area contributed by atoms with Gasteiger partial charge in [-0.15, -0.1) is 0 Å². The van der Waals surface area contributed by atoms with Crippen molar-refractivity contribution < 1.29 is 33.3 Å². The Morgan fingerprint density at radius 2 is 1.71 bits per heavy atom. The number of hydrogen-bond acceptors (Lipinski definition) is 7. The molecule has 0 bridgehead atoms. The molecule has 4 atom stereocenters. The van der Waals surface area contributed by atoms with Crippen LogP contribution in [0.25, 0.3) is 0 Å². The summed E-state index contributed by atoms with van der Waals surface area (Å²) in [6, 6.07) is 8.63. The lowest BCUT2D eigenvalue weighted by Crippen LogP contribution is -2.45. The van der Waals surface area contributed by atoms with Crippen molar-refractivity contribution in [1.82, 2.24) is 5.32 Å². The van der Waals surface area contributed by atoms with E-state index in [1.165, 1.54) is 0 Å². The molecule has 8 heteroatoms. The molecule has 0 saturated heterocycles. The third kappa shape index (κ3) is 10.3. The van der Waals surface area contributed by atoms with Crippen LogP contribution in [0.5, 0.6) is 0 Å². The van der Waals surface area contributed by atoms with Gasteiger partial charge in [0, 0.05) is 25.4 Å². The number of amides is 1. The molecule has 8 nitrogen and oxygen atoms in total. The predicted molar refractivity (Wildman–Crippen MR) is 127 cm³/mol. The van der Waals surface area contributed by atoms with Gasteiger partial charge >= 0.3 is 11.9 Å². The van der Waals surface area contributed by atoms with Crippen molar-refractivity contribution in [3.8, 4) is 0 Å². The lowest BCUT2D eigenvalue weighted by Gasteiger charge is -2.20. The molecule has 0 fully saturated rings. The summed E-state index contributed by atoms with van der Waals surface area (Å²) < 4.78 is 21.8. The standard InChI is InChI=1S/C26H35NO7/c1-19-9-7-14-25(29)33-18-23(31-3)20(2)10-8-13-24(28)27-22(26(30)34-15-19)17-32-16-21-11-5-4-6-12-21/h4-12,19-20,22-23H,13-18H2,1-3H3,(H,27,28)/b9-7+,10-8+/t19-,20-,22+,23?/m1/s1. The summed E-state index contributed by atoms with van der Waals surface area (Å²) in [5.74, 6) is -1.47. The van der Waals surface area contributed by atoms with E-state index in [1.54, 1.807) is 25.3 Å². The highest BCUT2D eigenvalue weighted by Gasteiger charge is 2.23. The molecule has 1 aromatic rings. The molecule has 1 N–H and O–H groups in total.